The van der Waals surface area contributed by atoms with E-state index in [1.54, 1.807) is 41.5 Å². The van der Waals surface area contributed by atoms with Crippen molar-refractivity contribution in [3.63, 3.8) is 0 Å². The van der Waals surface area contributed by atoms with Gasteiger partial charge in [-0.25, -0.2) is 4.79 Å². The van der Waals surface area contributed by atoms with Crippen LogP contribution in [0.1, 0.15) is 80.6 Å². The van der Waals surface area contributed by atoms with E-state index in [1.165, 1.54) is 6.92 Å². The molecule has 0 aromatic rings. The third-order valence-electron chi connectivity index (χ3n) is 9.71. The SMILES string of the molecule is CC[C@H](C)[C@H](NC(=O)CNC(=O)[C@H](CC(C)C)NC(=O)[C@@H](NC(=O)[C@H](CS)NC(=O)[C@H](CC(C)C)NC(=O)[C@H](CS)NC(=O)[C@@H](N)CCCN=C(N)N)[C@@H](C)O)C(=O)N[C@@H](CS)C(=O)O. The van der Waals surface area contributed by atoms with E-state index in [9.17, 15) is 53.4 Å². The van der Waals surface area contributed by atoms with Crippen molar-refractivity contribution in [2.45, 2.75) is 135 Å². The summed E-state index contributed by atoms with van der Waals surface area (Å²) >= 11 is 12.3. The summed E-state index contributed by atoms with van der Waals surface area (Å²) in [5, 5.41) is 39.6. The average Bonchev–Trinajstić information content (AvgIpc) is 3.23. The second kappa shape index (κ2) is 31.4. The molecule has 372 valence electrons. The van der Waals surface area contributed by atoms with Gasteiger partial charge in [0.15, 0.2) is 5.96 Å². The minimum absolute atomic E-state index is 0.0570. The Balaban J connectivity index is 5.89. The molecule has 8 amide bonds. The number of aliphatic carboxylic acids is 1. The van der Waals surface area contributed by atoms with Gasteiger partial charge in [0.1, 0.15) is 42.3 Å². The lowest BCUT2D eigenvalue weighted by atomic mass is 9.98. The van der Waals surface area contributed by atoms with Crippen LogP contribution in [0, 0.1) is 17.8 Å². The second-order valence-corrected chi connectivity index (χ2v) is 17.5. The molecular weight excluding hydrogens is 909 g/mol. The molecule has 0 heterocycles. The summed E-state index contributed by atoms with van der Waals surface area (Å²) in [5.41, 5.74) is 16.6. The molecule has 23 nitrogen and oxygen atoms in total. The van der Waals surface area contributed by atoms with Gasteiger partial charge in [-0.3, -0.25) is 43.3 Å². The van der Waals surface area contributed by atoms with Crippen LogP contribution in [0.15, 0.2) is 4.99 Å². The van der Waals surface area contributed by atoms with Crippen molar-refractivity contribution in [2.24, 2.45) is 39.9 Å². The number of rotatable bonds is 31. The molecule has 16 N–H and O–H groups in total. The van der Waals surface area contributed by atoms with Crippen LogP contribution in [-0.4, -0.2) is 154 Å². The predicted octanol–water partition coefficient (Wildman–Crippen LogP) is -3.73. The number of carbonyl (C=O) groups is 9. The molecule has 10 atom stereocenters. The normalized spacial score (nSPS) is 15.8. The maximum atomic E-state index is 13.6. The second-order valence-electron chi connectivity index (χ2n) is 16.4. The van der Waals surface area contributed by atoms with Crippen molar-refractivity contribution in [2.75, 3.05) is 30.3 Å². The maximum absolute atomic E-state index is 13.6. The van der Waals surface area contributed by atoms with Crippen molar-refractivity contribution in [1.29, 1.82) is 0 Å². The van der Waals surface area contributed by atoms with Crippen molar-refractivity contribution < 1.29 is 53.4 Å². The van der Waals surface area contributed by atoms with Crippen LogP contribution in [0.3, 0.4) is 0 Å². The first-order chi connectivity index (χ1) is 30.3. The van der Waals surface area contributed by atoms with Gasteiger partial charge in [-0.05, 0) is 50.4 Å². The van der Waals surface area contributed by atoms with E-state index in [1.807, 2.05) is 0 Å². The number of guanidine groups is 1. The first kappa shape index (κ1) is 60.5. The van der Waals surface area contributed by atoms with Gasteiger partial charge in [0.2, 0.25) is 47.3 Å². The number of hydrogen-bond donors (Lipinski definition) is 16. The average molecular weight is 981 g/mol. The Kier molecular flexibility index (Phi) is 29.2. The molecule has 0 saturated heterocycles. The molecule has 0 aliphatic carbocycles. The summed E-state index contributed by atoms with van der Waals surface area (Å²) < 4.78 is 0. The number of nitrogens with zero attached hydrogens (tertiary/aromatic N) is 1. The Bertz CT molecular complexity index is 1640. The third kappa shape index (κ3) is 23.5. The number of carboxylic acid groups (broad SMARTS) is 1. The van der Waals surface area contributed by atoms with E-state index in [4.69, 9.17) is 17.2 Å². The third-order valence-corrected chi connectivity index (χ3v) is 10.8. The number of carbonyl (C=O) groups excluding carboxylic acids is 8. The smallest absolute Gasteiger partial charge is 0.327 e. The zero-order valence-corrected chi connectivity index (χ0v) is 40.8. The molecule has 65 heavy (non-hydrogen) atoms. The fourth-order valence-electron chi connectivity index (χ4n) is 5.85. The Hall–Kier alpha value is -4.53. The quantitative estimate of drug-likeness (QED) is 0.0138. The summed E-state index contributed by atoms with van der Waals surface area (Å²) in [6.45, 7) is 11.4. The van der Waals surface area contributed by atoms with Crippen LogP contribution < -0.4 is 59.7 Å². The van der Waals surface area contributed by atoms with Crippen LogP contribution >= 0.6 is 37.9 Å². The fraction of sp³-hybridized carbons (Fsp3) is 0.744. The molecule has 26 heteroatoms. The Morgan fingerprint density at radius 1 is 0.585 bits per heavy atom. The number of aliphatic hydroxyl groups is 1. The van der Waals surface area contributed by atoms with Gasteiger partial charge in [-0.1, -0.05) is 48.0 Å². The largest absolute Gasteiger partial charge is 0.480 e. The zero-order valence-electron chi connectivity index (χ0n) is 38.1. The number of thiol groups is 3. The molecule has 0 radical (unpaired) electrons. The molecule has 0 aromatic carbocycles. The standard InChI is InChI=1S/C39H72N12O11S3/c1-8-20(6)29(36(59)49-27(17-65)38(61)62)50-28(53)14-44-32(55)23(12-18(2)3)46-37(60)30(21(7)52)51-35(58)26(16-64)48-33(56)24(13-19(4)5)45-34(57)25(15-63)47-31(54)22(40)10-9-11-43-39(41)42/h18-27,29-30,52,63-65H,8-17,40H2,1-7H3,(H,44,55)(H,45,57)(H,46,60)(H,47,54)(H,48,56)(H,49,59)(H,50,53)(H,51,58)(H,61,62)(H4,41,42,43)/t20-,21+,22-,23-,24-,25-,26-,27-,29-,30-/m0/s1. The first-order valence-electron chi connectivity index (χ1n) is 21.3. The number of hydrogen-bond acceptors (Lipinski definition) is 15. The summed E-state index contributed by atoms with van der Waals surface area (Å²) in [6, 6.07) is -10.2. The number of aliphatic imine (C=N–C) groups is 1. The van der Waals surface area contributed by atoms with E-state index in [-0.39, 0.29) is 60.9 Å². The monoisotopic (exact) mass is 980 g/mol. The summed E-state index contributed by atoms with van der Waals surface area (Å²) in [6.07, 6.45) is -0.324. The van der Waals surface area contributed by atoms with Crippen LogP contribution in [0.25, 0.3) is 0 Å². The van der Waals surface area contributed by atoms with Crippen LogP contribution in [0.4, 0.5) is 0 Å². The maximum Gasteiger partial charge on any atom is 0.327 e. The Morgan fingerprint density at radius 3 is 1.48 bits per heavy atom. The highest BCUT2D eigenvalue weighted by atomic mass is 32.1. The lowest BCUT2D eigenvalue weighted by molar-refractivity contribution is -0.141. The zero-order chi connectivity index (χ0) is 50.1. The molecule has 0 saturated carbocycles. The van der Waals surface area contributed by atoms with Gasteiger partial charge in [-0.2, -0.15) is 37.9 Å². The van der Waals surface area contributed by atoms with Crippen molar-refractivity contribution in [3.05, 3.63) is 0 Å². The number of carboxylic acids is 1. The highest BCUT2D eigenvalue weighted by molar-refractivity contribution is 7.80. The van der Waals surface area contributed by atoms with Gasteiger partial charge < -0.3 is 69.9 Å². The Morgan fingerprint density at radius 2 is 1.02 bits per heavy atom. The molecule has 0 aliphatic rings. The van der Waals surface area contributed by atoms with Crippen molar-refractivity contribution >= 4 is 97.1 Å². The Labute approximate surface area is 396 Å². The van der Waals surface area contributed by atoms with E-state index in [0.717, 1.165) is 0 Å². The van der Waals surface area contributed by atoms with Crippen molar-refractivity contribution in [1.82, 2.24) is 42.5 Å². The first-order valence-corrected chi connectivity index (χ1v) is 23.2. The molecule has 0 aliphatic heterocycles. The molecule has 0 spiro atoms. The van der Waals surface area contributed by atoms with Gasteiger partial charge in [0.05, 0.1) is 18.7 Å². The van der Waals surface area contributed by atoms with E-state index >= 15 is 0 Å². The molecule has 0 aromatic heterocycles. The predicted molar refractivity (Wildman–Crippen MR) is 254 cm³/mol. The summed E-state index contributed by atoms with van der Waals surface area (Å²) in [7, 11) is 0. The lowest BCUT2D eigenvalue weighted by Crippen LogP contribution is -2.62. The highest BCUT2D eigenvalue weighted by Gasteiger charge is 2.35. The van der Waals surface area contributed by atoms with Crippen LogP contribution in [0.2, 0.25) is 0 Å². The molecule has 0 rings (SSSR count). The van der Waals surface area contributed by atoms with Crippen LogP contribution in [0.5, 0.6) is 0 Å². The highest BCUT2D eigenvalue weighted by Crippen LogP contribution is 2.11. The topological polar surface area (TPSA) is 381 Å². The molecule has 0 bridgehead atoms. The van der Waals surface area contributed by atoms with E-state index < -0.39 is 120 Å². The molecular formula is C39H72N12O11S3. The molecule has 0 unspecified atom stereocenters. The number of aliphatic hydroxyl groups excluding tert-OH is 1. The molecule has 0 fully saturated rings. The fourth-order valence-corrected chi connectivity index (χ4v) is 6.61. The number of amides is 8. The van der Waals surface area contributed by atoms with Gasteiger partial charge in [-0.15, -0.1) is 0 Å². The number of nitrogens with one attached hydrogen (secondary N) is 8. The lowest BCUT2D eigenvalue weighted by Gasteiger charge is -2.28. The van der Waals surface area contributed by atoms with Gasteiger partial charge >= 0.3 is 5.97 Å². The number of nitrogens with two attached hydrogens (primary N) is 3. The summed E-state index contributed by atoms with van der Waals surface area (Å²) in [5.74, 6) is -9.26. The van der Waals surface area contributed by atoms with Crippen molar-refractivity contribution in [3.8, 4) is 0 Å². The van der Waals surface area contributed by atoms with Crippen LogP contribution in [-0.2, 0) is 43.2 Å². The summed E-state index contributed by atoms with van der Waals surface area (Å²) in [4.78, 5) is 121. The van der Waals surface area contributed by atoms with Gasteiger partial charge in [0, 0.05) is 23.8 Å². The minimum Gasteiger partial charge on any atom is -0.480 e. The van der Waals surface area contributed by atoms with E-state index in [2.05, 4.69) is 85.4 Å². The minimum atomic E-state index is -1.65. The van der Waals surface area contributed by atoms with E-state index in [0.29, 0.717) is 12.8 Å². The van der Waals surface area contributed by atoms with Gasteiger partial charge in [0.25, 0.3) is 0 Å².